The van der Waals surface area contributed by atoms with Crippen LogP contribution in [0.4, 0.5) is 5.69 Å². The highest BCUT2D eigenvalue weighted by Crippen LogP contribution is 2.28. The number of rotatable bonds is 4. The second-order valence-electron chi connectivity index (χ2n) is 4.12. The molecule has 102 valence electrons. The molecule has 0 unspecified atom stereocenters. The average molecular weight is 333 g/mol. The predicted octanol–water partition coefficient (Wildman–Crippen LogP) is 3.49. The monoisotopic (exact) mass is 332 g/mol. The van der Waals surface area contributed by atoms with Crippen LogP contribution in [0.2, 0.25) is 0 Å². The molecule has 0 aliphatic rings. The lowest BCUT2D eigenvalue weighted by Crippen LogP contribution is -1.98. The molecule has 0 atom stereocenters. The van der Waals surface area contributed by atoms with Crippen LogP contribution in [0.15, 0.2) is 40.9 Å². The zero-order chi connectivity index (χ0) is 14.5. The fourth-order valence-electron chi connectivity index (χ4n) is 1.71. The minimum Gasteiger partial charge on any atom is -0.495 e. The van der Waals surface area contributed by atoms with E-state index in [-0.39, 0.29) is 0 Å². The lowest BCUT2D eigenvalue weighted by molar-refractivity contribution is 0.303. The SMILES string of the molecule is COc1cc(COc2cc(N)ccc2Br)ccc1C#N. The summed E-state index contributed by atoms with van der Waals surface area (Å²) in [5, 5.41) is 8.93. The molecule has 0 saturated heterocycles. The summed E-state index contributed by atoms with van der Waals surface area (Å²) >= 11 is 3.41. The van der Waals surface area contributed by atoms with Gasteiger partial charge >= 0.3 is 0 Å². The Hall–Kier alpha value is -2.19. The molecule has 0 aliphatic carbocycles. The summed E-state index contributed by atoms with van der Waals surface area (Å²) in [5.74, 6) is 1.22. The van der Waals surface area contributed by atoms with Crippen molar-refractivity contribution in [2.45, 2.75) is 6.61 Å². The van der Waals surface area contributed by atoms with Crippen molar-refractivity contribution in [2.24, 2.45) is 0 Å². The van der Waals surface area contributed by atoms with E-state index in [0.29, 0.717) is 29.4 Å². The maximum atomic E-state index is 8.93. The number of halogens is 1. The Kier molecular flexibility index (Phi) is 4.49. The third kappa shape index (κ3) is 3.22. The molecule has 0 bridgehead atoms. The van der Waals surface area contributed by atoms with Gasteiger partial charge in [-0.25, -0.2) is 0 Å². The van der Waals surface area contributed by atoms with E-state index < -0.39 is 0 Å². The first kappa shape index (κ1) is 14.2. The van der Waals surface area contributed by atoms with Crippen molar-refractivity contribution in [3.05, 3.63) is 52.0 Å². The summed E-state index contributed by atoms with van der Waals surface area (Å²) in [6.45, 7) is 0.365. The fourth-order valence-corrected chi connectivity index (χ4v) is 2.07. The summed E-state index contributed by atoms with van der Waals surface area (Å²) in [7, 11) is 1.54. The minimum atomic E-state index is 0.365. The molecule has 0 aromatic heterocycles. The number of hydrogen-bond acceptors (Lipinski definition) is 4. The highest BCUT2D eigenvalue weighted by atomic mass is 79.9. The summed E-state index contributed by atoms with van der Waals surface area (Å²) in [6.07, 6.45) is 0. The molecule has 0 amide bonds. The first-order chi connectivity index (χ1) is 9.63. The van der Waals surface area contributed by atoms with Crippen LogP contribution in [0.3, 0.4) is 0 Å². The van der Waals surface area contributed by atoms with E-state index in [1.165, 1.54) is 7.11 Å². The minimum absolute atomic E-state index is 0.365. The fraction of sp³-hybridized carbons (Fsp3) is 0.133. The van der Waals surface area contributed by atoms with Gasteiger partial charge in [-0.1, -0.05) is 6.07 Å². The Labute approximate surface area is 125 Å². The van der Waals surface area contributed by atoms with Crippen LogP contribution in [0.25, 0.3) is 0 Å². The van der Waals surface area contributed by atoms with Crippen LogP contribution in [0.1, 0.15) is 11.1 Å². The highest BCUT2D eigenvalue weighted by molar-refractivity contribution is 9.10. The van der Waals surface area contributed by atoms with Gasteiger partial charge in [0.2, 0.25) is 0 Å². The van der Waals surface area contributed by atoms with Crippen molar-refractivity contribution >= 4 is 21.6 Å². The Bertz CT molecular complexity index is 665. The van der Waals surface area contributed by atoms with Crippen molar-refractivity contribution in [1.82, 2.24) is 0 Å². The first-order valence-electron chi connectivity index (χ1n) is 5.89. The normalized spacial score (nSPS) is 9.85. The molecule has 0 aliphatic heterocycles. The van der Waals surface area contributed by atoms with Crippen LogP contribution in [-0.2, 0) is 6.61 Å². The Morgan fingerprint density at radius 1 is 1.20 bits per heavy atom. The number of anilines is 1. The van der Waals surface area contributed by atoms with E-state index in [4.69, 9.17) is 20.5 Å². The topological polar surface area (TPSA) is 68.3 Å². The number of nitrogen functional groups attached to an aromatic ring is 1. The van der Waals surface area contributed by atoms with E-state index in [1.54, 1.807) is 24.3 Å². The van der Waals surface area contributed by atoms with E-state index in [2.05, 4.69) is 22.0 Å². The molecule has 0 heterocycles. The lowest BCUT2D eigenvalue weighted by atomic mass is 10.1. The third-order valence-electron chi connectivity index (χ3n) is 2.74. The van der Waals surface area contributed by atoms with E-state index >= 15 is 0 Å². The quantitative estimate of drug-likeness (QED) is 0.870. The molecule has 4 nitrogen and oxygen atoms in total. The van der Waals surface area contributed by atoms with Gasteiger partial charge in [-0.05, 0) is 45.8 Å². The van der Waals surface area contributed by atoms with Gasteiger partial charge in [-0.3, -0.25) is 0 Å². The van der Waals surface area contributed by atoms with Crippen molar-refractivity contribution in [1.29, 1.82) is 5.26 Å². The lowest BCUT2D eigenvalue weighted by Gasteiger charge is -2.10. The van der Waals surface area contributed by atoms with Gasteiger partial charge in [0, 0.05) is 11.8 Å². The first-order valence-corrected chi connectivity index (χ1v) is 6.68. The molecule has 2 aromatic rings. The van der Waals surface area contributed by atoms with Crippen LogP contribution < -0.4 is 15.2 Å². The molecule has 0 fully saturated rings. The maximum Gasteiger partial charge on any atom is 0.137 e. The Balaban J connectivity index is 2.15. The predicted molar refractivity (Wildman–Crippen MR) is 80.6 cm³/mol. The third-order valence-corrected chi connectivity index (χ3v) is 3.39. The highest BCUT2D eigenvalue weighted by Gasteiger charge is 2.06. The van der Waals surface area contributed by atoms with Gasteiger partial charge in [0.25, 0.3) is 0 Å². The molecule has 0 radical (unpaired) electrons. The molecule has 2 rings (SSSR count). The molecule has 0 spiro atoms. The van der Waals surface area contributed by atoms with Crippen molar-refractivity contribution < 1.29 is 9.47 Å². The molecular weight excluding hydrogens is 320 g/mol. The van der Waals surface area contributed by atoms with Crippen LogP contribution in [-0.4, -0.2) is 7.11 Å². The molecular formula is C15H13BrN2O2. The molecule has 5 heteroatoms. The van der Waals surface area contributed by atoms with E-state index in [9.17, 15) is 0 Å². The van der Waals surface area contributed by atoms with Gasteiger partial charge in [0.1, 0.15) is 24.2 Å². The zero-order valence-electron chi connectivity index (χ0n) is 10.9. The maximum absolute atomic E-state index is 8.93. The number of benzene rings is 2. The smallest absolute Gasteiger partial charge is 0.137 e. The van der Waals surface area contributed by atoms with E-state index in [1.807, 2.05) is 12.1 Å². The van der Waals surface area contributed by atoms with Gasteiger partial charge < -0.3 is 15.2 Å². The van der Waals surface area contributed by atoms with Crippen LogP contribution in [0, 0.1) is 11.3 Å². The van der Waals surface area contributed by atoms with Crippen LogP contribution >= 0.6 is 15.9 Å². The van der Waals surface area contributed by atoms with Crippen molar-refractivity contribution in [3.63, 3.8) is 0 Å². The molecule has 2 N–H and O–H groups in total. The van der Waals surface area contributed by atoms with Gasteiger partial charge in [-0.2, -0.15) is 5.26 Å². The number of nitriles is 1. The Morgan fingerprint density at radius 2 is 2.00 bits per heavy atom. The summed E-state index contributed by atoms with van der Waals surface area (Å²) < 4.78 is 11.7. The molecule has 0 saturated carbocycles. The molecule has 2 aromatic carbocycles. The summed E-state index contributed by atoms with van der Waals surface area (Å²) in [5.41, 5.74) is 7.78. The van der Waals surface area contributed by atoms with Gasteiger partial charge in [-0.15, -0.1) is 0 Å². The average Bonchev–Trinajstić information content (AvgIpc) is 2.47. The second-order valence-corrected chi connectivity index (χ2v) is 4.98. The summed E-state index contributed by atoms with van der Waals surface area (Å²) in [6, 6.07) is 12.8. The number of ether oxygens (including phenoxy) is 2. The zero-order valence-corrected chi connectivity index (χ0v) is 12.5. The number of hydrogen-bond donors (Lipinski definition) is 1. The summed E-state index contributed by atoms with van der Waals surface area (Å²) in [4.78, 5) is 0. The Morgan fingerprint density at radius 3 is 2.70 bits per heavy atom. The largest absolute Gasteiger partial charge is 0.495 e. The molecule has 20 heavy (non-hydrogen) atoms. The van der Waals surface area contributed by atoms with Crippen molar-refractivity contribution in [2.75, 3.05) is 12.8 Å². The second kappa shape index (κ2) is 6.31. The van der Waals surface area contributed by atoms with Crippen molar-refractivity contribution in [3.8, 4) is 17.6 Å². The van der Waals surface area contributed by atoms with E-state index in [0.717, 1.165) is 10.0 Å². The number of methoxy groups -OCH3 is 1. The number of nitrogens with zero attached hydrogens (tertiary/aromatic N) is 1. The van der Waals surface area contributed by atoms with Gasteiger partial charge in [0.15, 0.2) is 0 Å². The standard InChI is InChI=1S/C15H13BrN2O2/c1-19-14-6-10(2-3-11(14)8-17)9-20-15-7-12(18)4-5-13(15)16/h2-7H,9,18H2,1H3. The van der Waals surface area contributed by atoms with Gasteiger partial charge in [0.05, 0.1) is 17.1 Å². The number of nitrogens with two attached hydrogens (primary N) is 1. The van der Waals surface area contributed by atoms with Crippen LogP contribution in [0.5, 0.6) is 11.5 Å².